The Morgan fingerprint density at radius 2 is 2.20 bits per heavy atom. The van der Waals surface area contributed by atoms with E-state index in [-0.39, 0.29) is 5.06 Å². The van der Waals surface area contributed by atoms with Crippen molar-refractivity contribution in [2.45, 2.75) is 0 Å². The normalized spacial score (nSPS) is 9.50. The standard InChI is InChI=1S/C4H2BClO3S/c6-3-1-2-4(10-3)9-5(7)8/h1-2H/q-2. The van der Waals surface area contributed by atoms with Gasteiger partial charge in [0.1, 0.15) is 7.32 Å². The van der Waals surface area contributed by atoms with Crippen LogP contribution in [-0.2, 0) is 0 Å². The van der Waals surface area contributed by atoms with E-state index in [9.17, 15) is 10.0 Å². The molecule has 6 heteroatoms. The molecule has 0 fully saturated rings. The predicted octanol–water partition coefficient (Wildman–Crippen LogP) is -0.514. The zero-order valence-electron chi connectivity index (χ0n) is 4.74. The molecule has 0 N–H and O–H groups in total. The lowest BCUT2D eigenvalue weighted by atomic mass is 10.3. The summed E-state index contributed by atoms with van der Waals surface area (Å²) in [5, 5.41) is 20.0. The highest BCUT2D eigenvalue weighted by atomic mass is 35.5. The number of thiophene rings is 1. The molecule has 10 heavy (non-hydrogen) atoms. The Morgan fingerprint density at radius 3 is 2.60 bits per heavy atom. The molecule has 0 aliphatic carbocycles. The van der Waals surface area contributed by atoms with Crippen molar-refractivity contribution < 1.29 is 14.7 Å². The fourth-order valence-corrected chi connectivity index (χ4v) is 1.34. The molecule has 1 aromatic heterocycles. The Hall–Kier alpha value is -0.225. The van der Waals surface area contributed by atoms with Gasteiger partial charge in [-0.1, -0.05) is 22.9 Å². The molecule has 0 spiro atoms. The van der Waals surface area contributed by atoms with E-state index in [2.05, 4.69) is 4.65 Å². The second-order valence-corrected chi connectivity index (χ2v) is 3.14. The highest BCUT2D eigenvalue weighted by Gasteiger charge is 1.94. The monoisotopic (exact) mass is 176 g/mol. The lowest BCUT2D eigenvalue weighted by molar-refractivity contribution is -0.372. The van der Waals surface area contributed by atoms with Crippen LogP contribution < -0.4 is 14.7 Å². The predicted molar refractivity (Wildman–Crippen MR) is 35.7 cm³/mol. The third kappa shape index (κ3) is 2.19. The minimum Gasteiger partial charge on any atom is -0.860 e. The van der Waals surface area contributed by atoms with Gasteiger partial charge in [0.2, 0.25) is 0 Å². The first-order valence-electron chi connectivity index (χ1n) is 2.42. The van der Waals surface area contributed by atoms with Crippen LogP contribution in [0.1, 0.15) is 0 Å². The van der Waals surface area contributed by atoms with Crippen molar-refractivity contribution >= 4 is 30.3 Å². The summed E-state index contributed by atoms with van der Waals surface area (Å²) < 4.78 is 4.75. The summed E-state index contributed by atoms with van der Waals surface area (Å²) in [5.74, 6) is 0. The van der Waals surface area contributed by atoms with Gasteiger partial charge in [0.25, 0.3) is 0 Å². The first-order valence-corrected chi connectivity index (χ1v) is 3.61. The van der Waals surface area contributed by atoms with Gasteiger partial charge in [0.15, 0.2) is 5.06 Å². The molecule has 0 radical (unpaired) electrons. The van der Waals surface area contributed by atoms with Gasteiger partial charge in [0.05, 0.1) is 4.34 Å². The second kappa shape index (κ2) is 3.25. The fraction of sp³-hybridized carbons (Fsp3) is 0. The molecular formula is C4H2BClO3S-2. The van der Waals surface area contributed by atoms with Gasteiger partial charge in [-0.3, -0.25) is 0 Å². The third-order valence-electron chi connectivity index (χ3n) is 0.761. The smallest absolute Gasteiger partial charge is 0.154 e. The molecule has 0 aromatic carbocycles. The van der Waals surface area contributed by atoms with E-state index in [1.165, 1.54) is 6.07 Å². The molecule has 0 atom stereocenters. The van der Waals surface area contributed by atoms with Crippen LogP contribution in [0.3, 0.4) is 0 Å². The van der Waals surface area contributed by atoms with Gasteiger partial charge < -0.3 is 14.7 Å². The maximum Gasteiger partial charge on any atom is 0.154 e. The van der Waals surface area contributed by atoms with Crippen LogP contribution in [0.2, 0.25) is 4.34 Å². The molecule has 1 heterocycles. The zero-order chi connectivity index (χ0) is 7.56. The molecule has 0 aliphatic heterocycles. The van der Waals surface area contributed by atoms with Gasteiger partial charge in [-0.15, -0.1) is 0 Å². The van der Waals surface area contributed by atoms with Crippen LogP contribution in [-0.4, -0.2) is 7.32 Å². The highest BCUT2D eigenvalue weighted by molar-refractivity contribution is 7.18. The molecule has 0 saturated heterocycles. The second-order valence-electron chi connectivity index (χ2n) is 1.47. The summed E-state index contributed by atoms with van der Waals surface area (Å²) in [6, 6.07) is 3.04. The molecule has 0 bridgehead atoms. The largest absolute Gasteiger partial charge is 0.860 e. The summed E-state index contributed by atoms with van der Waals surface area (Å²) in [4.78, 5) is 0. The van der Waals surface area contributed by atoms with Crippen molar-refractivity contribution in [3.8, 4) is 5.06 Å². The molecule has 3 nitrogen and oxygen atoms in total. The maximum absolute atomic E-state index is 9.89. The number of hydrogen-bond acceptors (Lipinski definition) is 4. The first-order chi connectivity index (χ1) is 4.68. The van der Waals surface area contributed by atoms with Crippen molar-refractivity contribution in [3.63, 3.8) is 0 Å². The summed E-state index contributed by atoms with van der Waals surface area (Å²) in [5.41, 5.74) is 0. The Labute approximate surface area is 67.0 Å². The van der Waals surface area contributed by atoms with Crippen LogP contribution in [0.15, 0.2) is 12.1 Å². The summed E-state index contributed by atoms with van der Waals surface area (Å²) in [6.07, 6.45) is 0. The molecule has 0 aliphatic rings. The first kappa shape index (κ1) is 7.88. The van der Waals surface area contributed by atoms with E-state index in [0.717, 1.165) is 11.3 Å². The summed E-state index contributed by atoms with van der Waals surface area (Å²) in [6.45, 7) is 0. The van der Waals surface area contributed by atoms with Crippen LogP contribution >= 0.6 is 22.9 Å². The van der Waals surface area contributed by atoms with Gasteiger partial charge >= 0.3 is 0 Å². The molecule has 1 aromatic rings. The molecular weight excluding hydrogens is 174 g/mol. The quantitative estimate of drug-likeness (QED) is 0.570. The molecule has 0 unspecified atom stereocenters. The molecule has 0 amide bonds. The number of rotatable bonds is 2. The highest BCUT2D eigenvalue weighted by Crippen LogP contribution is 2.27. The van der Waals surface area contributed by atoms with Gasteiger partial charge in [-0.2, -0.15) is 0 Å². The third-order valence-corrected chi connectivity index (χ3v) is 1.88. The fourth-order valence-electron chi connectivity index (χ4n) is 0.456. The van der Waals surface area contributed by atoms with Crippen molar-refractivity contribution in [1.82, 2.24) is 0 Å². The lowest BCUT2D eigenvalue weighted by Gasteiger charge is -2.24. The van der Waals surface area contributed by atoms with E-state index in [4.69, 9.17) is 11.6 Å². The van der Waals surface area contributed by atoms with Crippen molar-refractivity contribution in [2.24, 2.45) is 0 Å². The Morgan fingerprint density at radius 1 is 1.50 bits per heavy atom. The van der Waals surface area contributed by atoms with Gasteiger partial charge in [-0.05, 0) is 12.1 Å². The minimum atomic E-state index is -2.27. The van der Waals surface area contributed by atoms with E-state index < -0.39 is 7.32 Å². The number of halogens is 1. The van der Waals surface area contributed by atoms with Crippen molar-refractivity contribution in [2.75, 3.05) is 0 Å². The summed E-state index contributed by atoms with van der Waals surface area (Å²) in [7, 11) is -2.27. The van der Waals surface area contributed by atoms with E-state index in [1.807, 2.05) is 0 Å². The van der Waals surface area contributed by atoms with Crippen molar-refractivity contribution in [1.29, 1.82) is 0 Å². The maximum atomic E-state index is 9.89. The van der Waals surface area contributed by atoms with Gasteiger partial charge in [0, 0.05) is 0 Å². The van der Waals surface area contributed by atoms with Crippen LogP contribution in [0.4, 0.5) is 0 Å². The topological polar surface area (TPSA) is 55.3 Å². The zero-order valence-corrected chi connectivity index (χ0v) is 6.32. The van der Waals surface area contributed by atoms with Crippen LogP contribution in [0.5, 0.6) is 5.06 Å². The summed E-state index contributed by atoms with van der Waals surface area (Å²) >= 11 is 6.54. The molecule has 0 saturated carbocycles. The minimum absolute atomic E-state index is 0.264. The van der Waals surface area contributed by atoms with E-state index in [0.29, 0.717) is 4.34 Å². The Kier molecular flexibility index (Phi) is 2.56. The Balaban J connectivity index is 2.58. The number of hydrogen-bond donors (Lipinski definition) is 0. The van der Waals surface area contributed by atoms with Crippen LogP contribution in [0, 0.1) is 0 Å². The molecule has 1 rings (SSSR count). The molecule has 54 valence electrons. The van der Waals surface area contributed by atoms with Crippen LogP contribution in [0.25, 0.3) is 0 Å². The SMILES string of the molecule is [O-]B([O-])Oc1ccc(Cl)s1. The average molecular weight is 176 g/mol. The van der Waals surface area contributed by atoms with E-state index >= 15 is 0 Å². The lowest BCUT2D eigenvalue weighted by Crippen LogP contribution is -2.50. The average Bonchev–Trinajstić information content (AvgIpc) is 2.13. The van der Waals surface area contributed by atoms with E-state index in [1.54, 1.807) is 6.07 Å². The van der Waals surface area contributed by atoms with Gasteiger partial charge in [-0.25, -0.2) is 0 Å². The Bertz CT molecular complexity index is 214. The van der Waals surface area contributed by atoms with Crippen molar-refractivity contribution in [3.05, 3.63) is 16.5 Å².